The summed E-state index contributed by atoms with van der Waals surface area (Å²) < 4.78 is 5.92. The van der Waals surface area contributed by atoms with E-state index in [0.717, 1.165) is 49.5 Å². The molecule has 0 unspecified atom stereocenters. The molecule has 0 aromatic heterocycles. The Kier molecular flexibility index (Phi) is 6.38. The minimum absolute atomic E-state index is 0.354. The molecule has 0 amide bonds. The van der Waals surface area contributed by atoms with Crippen molar-refractivity contribution in [1.29, 1.82) is 0 Å². The number of carbonyl (C=O) groups excluding carboxylic acids is 1. The highest BCUT2D eigenvalue weighted by atomic mass is 16.5. The van der Waals surface area contributed by atoms with Gasteiger partial charge < -0.3 is 9.64 Å². The van der Waals surface area contributed by atoms with Crippen LogP contribution in [-0.4, -0.2) is 37.4 Å². The van der Waals surface area contributed by atoms with Crippen LogP contribution in [0.4, 0.5) is 5.69 Å². The Morgan fingerprint density at radius 3 is 2.00 bits per heavy atom. The monoisotopic (exact) mass is 414 g/mol. The summed E-state index contributed by atoms with van der Waals surface area (Å²) in [6.45, 7) is 10.5. The second kappa shape index (κ2) is 9.36. The number of para-hydroxylation sites is 1. The Morgan fingerprint density at radius 1 is 0.839 bits per heavy atom. The van der Waals surface area contributed by atoms with Gasteiger partial charge in [-0.1, -0.05) is 30.3 Å². The summed E-state index contributed by atoms with van der Waals surface area (Å²) in [5.41, 5.74) is 5.69. The van der Waals surface area contributed by atoms with Crippen molar-refractivity contribution in [3.05, 3.63) is 89.0 Å². The molecule has 1 atom stereocenters. The molecule has 4 rings (SSSR count). The fourth-order valence-corrected chi connectivity index (χ4v) is 4.54. The quantitative estimate of drug-likeness (QED) is 0.478. The van der Waals surface area contributed by atoms with Crippen LogP contribution in [0.15, 0.2) is 66.7 Å². The molecule has 4 nitrogen and oxygen atoms in total. The van der Waals surface area contributed by atoms with E-state index in [4.69, 9.17) is 4.74 Å². The van der Waals surface area contributed by atoms with Crippen LogP contribution in [0.2, 0.25) is 0 Å². The Labute approximate surface area is 185 Å². The molecule has 1 heterocycles. The summed E-state index contributed by atoms with van der Waals surface area (Å²) in [4.78, 5) is 16.1. The van der Waals surface area contributed by atoms with E-state index in [1.165, 1.54) is 22.4 Å². The van der Waals surface area contributed by atoms with Crippen LogP contribution in [-0.2, 0) is 0 Å². The van der Waals surface area contributed by atoms with Crippen molar-refractivity contribution >= 4 is 12.0 Å². The molecule has 1 saturated heterocycles. The average Bonchev–Trinajstić information content (AvgIpc) is 2.80. The number of piperazine rings is 1. The molecule has 3 aromatic rings. The van der Waals surface area contributed by atoms with Gasteiger partial charge in [-0.15, -0.1) is 0 Å². The number of carbonyl (C=O) groups is 1. The highest BCUT2D eigenvalue weighted by molar-refractivity contribution is 5.78. The van der Waals surface area contributed by atoms with E-state index in [9.17, 15) is 4.79 Å². The molecule has 0 aliphatic carbocycles. The van der Waals surface area contributed by atoms with E-state index < -0.39 is 0 Å². The van der Waals surface area contributed by atoms with E-state index in [2.05, 4.69) is 54.8 Å². The van der Waals surface area contributed by atoms with Crippen LogP contribution in [0.25, 0.3) is 0 Å². The summed E-state index contributed by atoms with van der Waals surface area (Å²) in [5, 5.41) is 0. The van der Waals surface area contributed by atoms with Crippen molar-refractivity contribution < 1.29 is 9.53 Å². The van der Waals surface area contributed by atoms with Gasteiger partial charge in [-0.25, -0.2) is 0 Å². The van der Waals surface area contributed by atoms with Crippen LogP contribution in [0.1, 0.15) is 40.0 Å². The molecule has 0 spiro atoms. The van der Waals surface area contributed by atoms with Crippen LogP contribution in [0.5, 0.6) is 11.5 Å². The molecule has 4 heteroatoms. The van der Waals surface area contributed by atoms with Crippen LogP contribution in [0, 0.1) is 13.8 Å². The lowest BCUT2D eigenvalue weighted by Gasteiger charge is -2.40. The fourth-order valence-electron chi connectivity index (χ4n) is 4.54. The smallest absolute Gasteiger partial charge is 0.150 e. The largest absolute Gasteiger partial charge is 0.457 e. The topological polar surface area (TPSA) is 32.8 Å². The van der Waals surface area contributed by atoms with E-state index in [1.807, 2.05) is 42.5 Å². The van der Waals surface area contributed by atoms with Gasteiger partial charge in [0.2, 0.25) is 0 Å². The third-order valence-corrected chi connectivity index (χ3v) is 6.17. The first kappa shape index (κ1) is 21.1. The first-order chi connectivity index (χ1) is 15.0. The maximum Gasteiger partial charge on any atom is 0.150 e. The predicted molar refractivity (Wildman–Crippen MR) is 126 cm³/mol. The molecule has 31 heavy (non-hydrogen) atoms. The lowest BCUT2D eigenvalue weighted by molar-refractivity contribution is 0.112. The molecule has 1 aliphatic rings. The minimum Gasteiger partial charge on any atom is -0.457 e. The van der Waals surface area contributed by atoms with Crippen molar-refractivity contribution in [3.8, 4) is 11.5 Å². The summed E-state index contributed by atoms with van der Waals surface area (Å²) in [7, 11) is 0. The maximum atomic E-state index is 11.1. The van der Waals surface area contributed by atoms with Gasteiger partial charge in [-0.3, -0.25) is 9.69 Å². The van der Waals surface area contributed by atoms with E-state index >= 15 is 0 Å². The standard InChI is InChI=1S/C27H30N2O2/c1-20-17-23(19-30)18-21(2)27(20)29-15-13-28(14-16-29)22(3)24-9-11-26(12-10-24)31-25-7-5-4-6-8-25/h4-12,17-19,22H,13-16H2,1-3H3/t22-/m1/s1. The van der Waals surface area contributed by atoms with Crippen molar-refractivity contribution in [1.82, 2.24) is 4.90 Å². The Hall–Kier alpha value is -3.11. The second-order valence-corrected chi connectivity index (χ2v) is 8.30. The number of anilines is 1. The third-order valence-electron chi connectivity index (χ3n) is 6.17. The molecule has 1 fully saturated rings. The first-order valence-electron chi connectivity index (χ1n) is 10.9. The molecule has 3 aromatic carbocycles. The number of aldehydes is 1. The van der Waals surface area contributed by atoms with Crippen LogP contribution in [0.3, 0.4) is 0 Å². The number of benzene rings is 3. The summed E-state index contributed by atoms with van der Waals surface area (Å²) in [5.74, 6) is 1.71. The first-order valence-corrected chi connectivity index (χ1v) is 10.9. The van der Waals surface area contributed by atoms with E-state index in [1.54, 1.807) is 0 Å². The Bertz CT molecular complexity index is 1000. The average molecular weight is 415 g/mol. The van der Waals surface area contributed by atoms with Crippen molar-refractivity contribution in [2.24, 2.45) is 0 Å². The van der Waals surface area contributed by atoms with Gasteiger partial charge in [-0.2, -0.15) is 0 Å². The molecular formula is C27H30N2O2. The molecule has 0 bridgehead atoms. The Morgan fingerprint density at radius 2 is 1.42 bits per heavy atom. The van der Waals surface area contributed by atoms with Gasteiger partial charge in [0.25, 0.3) is 0 Å². The van der Waals surface area contributed by atoms with Gasteiger partial charge in [0, 0.05) is 43.5 Å². The summed E-state index contributed by atoms with van der Waals surface area (Å²) >= 11 is 0. The van der Waals surface area contributed by atoms with Gasteiger partial charge in [0.1, 0.15) is 17.8 Å². The molecule has 0 saturated carbocycles. The second-order valence-electron chi connectivity index (χ2n) is 8.30. The van der Waals surface area contributed by atoms with Gasteiger partial charge in [-0.05, 0) is 73.9 Å². The van der Waals surface area contributed by atoms with Crippen molar-refractivity contribution in [3.63, 3.8) is 0 Å². The van der Waals surface area contributed by atoms with Gasteiger partial charge in [0.15, 0.2) is 0 Å². The van der Waals surface area contributed by atoms with Crippen LogP contribution >= 0.6 is 0 Å². The molecule has 0 N–H and O–H groups in total. The normalized spacial score (nSPS) is 15.5. The predicted octanol–water partition coefficient (Wildman–Crippen LogP) is 5.79. The SMILES string of the molecule is Cc1cc(C=O)cc(C)c1N1CCN([C@H](C)c2ccc(Oc3ccccc3)cc2)CC1. The van der Waals surface area contributed by atoms with Gasteiger partial charge >= 0.3 is 0 Å². The van der Waals surface area contributed by atoms with Crippen molar-refractivity contribution in [2.75, 3.05) is 31.1 Å². The highest BCUT2D eigenvalue weighted by Gasteiger charge is 2.24. The molecular weight excluding hydrogens is 384 g/mol. The number of hydrogen-bond donors (Lipinski definition) is 0. The minimum atomic E-state index is 0.354. The molecule has 0 radical (unpaired) electrons. The zero-order chi connectivity index (χ0) is 21.8. The van der Waals surface area contributed by atoms with Crippen molar-refractivity contribution in [2.45, 2.75) is 26.8 Å². The summed E-state index contributed by atoms with van der Waals surface area (Å²) in [6, 6.07) is 22.6. The van der Waals surface area contributed by atoms with Crippen LogP contribution < -0.4 is 9.64 Å². The van der Waals surface area contributed by atoms with E-state index in [-0.39, 0.29) is 0 Å². The number of nitrogens with zero attached hydrogens (tertiary/aromatic N) is 2. The summed E-state index contributed by atoms with van der Waals surface area (Å²) in [6.07, 6.45) is 0.930. The van der Waals surface area contributed by atoms with E-state index in [0.29, 0.717) is 6.04 Å². The number of aryl methyl sites for hydroxylation is 2. The number of rotatable bonds is 6. The number of ether oxygens (including phenoxy) is 1. The Balaban J connectivity index is 1.38. The highest BCUT2D eigenvalue weighted by Crippen LogP contribution is 2.30. The molecule has 160 valence electrons. The maximum absolute atomic E-state index is 11.1. The molecule has 1 aliphatic heterocycles. The lowest BCUT2D eigenvalue weighted by atomic mass is 10.0. The lowest BCUT2D eigenvalue weighted by Crippen LogP contribution is -2.47. The zero-order valence-corrected chi connectivity index (χ0v) is 18.5. The fraction of sp³-hybridized carbons (Fsp3) is 0.296. The zero-order valence-electron chi connectivity index (χ0n) is 18.5. The number of hydrogen-bond acceptors (Lipinski definition) is 4. The third kappa shape index (κ3) is 4.80. The van der Waals surface area contributed by atoms with Gasteiger partial charge in [0.05, 0.1) is 0 Å².